The maximum absolute atomic E-state index is 6.25. The molecule has 0 fully saturated rings. The molecule has 0 spiro atoms. The zero-order valence-electron chi connectivity index (χ0n) is 10.0. The molecule has 0 amide bonds. The summed E-state index contributed by atoms with van der Waals surface area (Å²) in [5.74, 6) is 1.44. The molecular weight excluding hydrogens is 222 g/mol. The summed E-state index contributed by atoms with van der Waals surface area (Å²) < 4.78 is 5.90. The molecule has 1 aliphatic rings. The average Bonchev–Trinajstić information content (AvgIpc) is 2.67. The van der Waals surface area contributed by atoms with Crippen molar-refractivity contribution in [3.63, 3.8) is 0 Å². The summed E-state index contributed by atoms with van der Waals surface area (Å²) in [6.07, 6.45) is 1.00. The van der Waals surface area contributed by atoms with Gasteiger partial charge in [-0.2, -0.15) is 0 Å². The Balaban J connectivity index is 2.53. The Labute approximate surface area is 102 Å². The van der Waals surface area contributed by atoms with E-state index >= 15 is 0 Å². The van der Waals surface area contributed by atoms with Crippen LogP contribution in [0.25, 0.3) is 0 Å². The minimum atomic E-state index is 0.115. The molecule has 2 rings (SSSR count). The zero-order valence-corrected chi connectivity index (χ0v) is 10.8. The highest BCUT2D eigenvalue weighted by Crippen LogP contribution is 2.41. The van der Waals surface area contributed by atoms with Crippen molar-refractivity contribution < 1.29 is 4.74 Å². The number of nitrogens with two attached hydrogens (primary N) is 1. The maximum Gasteiger partial charge on any atom is 0.126 e. The first-order valence-corrected chi connectivity index (χ1v) is 6.11. The molecule has 0 aromatic heterocycles. The Bertz CT molecular complexity index is 415. The van der Waals surface area contributed by atoms with Crippen LogP contribution in [0.5, 0.6) is 5.75 Å². The first-order valence-electron chi connectivity index (χ1n) is 5.73. The van der Waals surface area contributed by atoms with E-state index in [0.29, 0.717) is 12.5 Å². The lowest BCUT2D eigenvalue weighted by atomic mass is 9.95. The number of benzene rings is 1. The summed E-state index contributed by atoms with van der Waals surface area (Å²) in [5, 5.41) is 0.837. The second-order valence-corrected chi connectivity index (χ2v) is 5.12. The number of halogens is 1. The third-order valence-electron chi connectivity index (χ3n) is 3.23. The smallest absolute Gasteiger partial charge is 0.126 e. The fourth-order valence-corrected chi connectivity index (χ4v) is 2.41. The van der Waals surface area contributed by atoms with Crippen molar-refractivity contribution in [3.8, 4) is 5.75 Å². The summed E-state index contributed by atoms with van der Waals surface area (Å²) >= 11 is 6.25. The van der Waals surface area contributed by atoms with Gasteiger partial charge in [0.1, 0.15) is 11.9 Å². The third kappa shape index (κ3) is 1.80. The molecular formula is C13H18ClNO. The zero-order chi connectivity index (χ0) is 11.9. The summed E-state index contributed by atoms with van der Waals surface area (Å²) in [7, 11) is 0. The van der Waals surface area contributed by atoms with Gasteiger partial charge < -0.3 is 10.5 Å². The summed E-state index contributed by atoms with van der Waals surface area (Å²) in [4.78, 5) is 0. The molecule has 1 atom stereocenters. The van der Waals surface area contributed by atoms with Crippen molar-refractivity contribution >= 4 is 11.6 Å². The molecule has 1 aromatic rings. The van der Waals surface area contributed by atoms with E-state index in [9.17, 15) is 0 Å². The van der Waals surface area contributed by atoms with Gasteiger partial charge in [-0.25, -0.2) is 0 Å². The van der Waals surface area contributed by atoms with Crippen molar-refractivity contribution in [1.82, 2.24) is 0 Å². The molecule has 0 saturated carbocycles. The topological polar surface area (TPSA) is 35.2 Å². The van der Waals surface area contributed by atoms with Crippen LogP contribution in [-0.2, 0) is 6.42 Å². The molecule has 88 valence electrons. The van der Waals surface area contributed by atoms with Crippen molar-refractivity contribution in [2.24, 2.45) is 5.73 Å². The molecule has 3 heteroatoms. The first kappa shape index (κ1) is 11.7. The maximum atomic E-state index is 6.25. The number of rotatable bonds is 2. The quantitative estimate of drug-likeness (QED) is 0.861. The fraction of sp³-hybridized carbons (Fsp3) is 0.538. The molecule has 1 aromatic carbocycles. The summed E-state index contributed by atoms with van der Waals surface area (Å²) in [6.45, 7) is 6.91. The SMILES string of the molecule is Cc1c(Cl)cc(C(C)C)c2c1CC(CN)O2. The van der Waals surface area contributed by atoms with Gasteiger partial charge in [-0.3, -0.25) is 0 Å². The lowest BCUT2D eigenvalue weighted by Gasteiger charge is -2.15. The van der Waals surface area contributed by atoms with Gasteiger partial charge in [0.2, 0.25) is 0 Å². The van der Waals surface area contributed by atoms with Gasteiger partial charge in [0.25, 0.3) is 0 Å². The molecule has 2 nitrogen and oxygen atoms in total. The molecule has 1 unspecified atom stereocenters. The van der Waals surface area contributed by atoms with Crippen LogP contribution in [0.1, 0.15) is 36.5 Å². The molecule has 0 radical (unpaired) electrons. The lowest BCUT2D eigenvalue weighted by molar-refractivity contribution is 0.239. The Kier molecular flexibility index (Phi) is 3.13. The Morgan fingerprint density at radius 3 is 2.81 bits per heavy atom. The molecule has 1 aliphatic heterocycles. The second-order valence-electron chi connectivity index (χ2n) is 4.71. The van der Waals surface area contributed by atoms with Gasteiger partial charge in [0, 0.05) is 23.6 Å². The molecule has 0 aliphatic carbocycles. The fourth-order valence-electron chi connectivity index (χ4n) is 2.18. The van der Waals surface area contributed by atoms with Crippen LogP contribution < -0.4 is 10.5 Å². The van der Waals surface area contributed by atoms with Gasteiger partial charge in [-0.1, -0.05) is 25.4 Å². The number of hydrogen-bond acceptors (Lipinski definition) is 2. The highest BCUT2D eigenvalue weighted by molar-refractivity contribution is 6.31. The lowest BCUT2D eigenvalue weighted by Crippen LogP contribution is -2.24. The van der Waals surface area contributed by atoms with Crippen LogP contribution in [0, 0.1) is 6.92 Å². The van der Waals surface area contributed by atoms with Crippen molar-refractivity contribution in [3.05, 3.63) is 27.8 Å². The van der Waals surface area contributed by atoms with E-state index in [1.807, 2.05) is 13.0 Å². The standard InChI is InChI=1S/C13H18ClNO/c1-7(2)10-5-12(14)8(3)11-4-9(6-15)16-13(10)11/h5,7,9H,4,6,15H2,1-3H3. The van der Waals surface area contributed by atoms with Crippen molar-refractivity contribution in [2.75, 3.05) is 6.54 Å². The third-order valence-corrected chi connectivity index (χ3v) is 3.62. The molecule has 0 saturated heterocycles. The largest absolute Gasteiger partial charge is 0.488 e. The van der Waals surface area contributed by atoms with Crippen LogP contribution in [0.2, 0.25) is 5.02 Å². The van der Waals surface area contributed by atoms with E-state index in [1.54, 1.807) is 0 Å². The number of fused-ring (bicyclic) bond motifs is 1. The van der Waals surface area contributed by atoms with E-state index in [-0.39, 0.29) is 6.10 Å². The summed E-state index contributed by atoms with van der Waals surface area (Å²) in [6, 6.07) is 2.03. The van der Waals surface area contributed by atoms with Crippen LogP contribution >= 0.6 is 11.6 Å². The van der Waals surface area contributed by atoms with Gasteiger partial charge in [0.15, 0.2) is 0 Å². The number of ether oxygens (including phenoxy) is 1. The Morgan fingerprint density at radius 1 is 1.56 bits per heavy atom. The highest BCUT2D eigenvalue weighted by Gasteiger charge is 2.28. The van der Waals surface area contributed by atoms with E-state index in [4.69, 9.17) is 22.1 Å². The monoisotopic (exact) mass is 239 g/mol. The molecule has 2 N–H and O–H groups in total. The van der Waals surface area contributed by atoms with E-state index < -0.39 is 0 Å². The van der Waals surface area contributed by atoms with Crippen molar-refractivity contribution in [1.29, 1.82) is 0 Å². The van der Waals surface area contributed by atoms with Crippen LogP contribution in [0.3, 0.4) is 0 Å². The van der Waals surface area contributed by atoms with Gasteiger partial charge in [-0.05, 0) is 30.0 Å². The normalized spacial score (nSPS) is 18.8. The highest BCUT2D eigenvalue weighted by atomic mass is 35.5. The van der Waals surface area contributed by atoms with Crippen molar-refractivity contribution in [2.45, 2.75) is 39.2 Å². The molecule has 0 bridgehead atoms. The minimum absolute atomic E-state index is 0.115. The predicted octanol–water partition coefficient (Wildman–Crippen LogP) is 3.03. The van der Waals surface area contributed by atoms with Gasteiger partial charge in [-0.15, -0.1) is 0 Å². The van der Waals surface area contributed by atoms with E-state index in [1.165, 1.54) is 11.1 Å². The van der Waals surface area contributed by atoms with E-state index in [0.717, 1.165) is 22.8 Å². The molecule has 16 heavy (non-hydrogen) atoms. The van der Waals surface area contributed by atoms with Crippen LogP contribution in [0.4, 0.5) is 0 Å². The Morgan fingerprint density at radius 2 is 2.25 bits per heavy atom. The average molecular weight is 240 g/mol. The van der Waals surface area contributed by atoms with E-state index in [2.05, 4.69) is 13.8 Å². The molecule has 1 heterocycles. The van der Waals surface area contributed by atoms with Gasteiger partial charge >= 0.3 is 0 Å². The minimum Gasteiger partial charge on any atom is -0.488 e. The van der Waals surface area contributed by atoms with Crippen LogP contribution in [0.15, 0.2) is 6.07 Å². The first-order chi connectivity index (χ1) is 7.54. The second kappa shape index (κ2) is 4.27. The summed E-state index contributed by atoms with van der Waals surface area (Å²) in [5.41, 5.74) is 9.24. The predicted molar refractivity (Wildman–Crippen MR) is 67.5 cm³/mol. The van der Waals surface area contributed by atoms with Gasteiger partial charge in [0.05, 0.1) is 0 Å². The van der Waals surface area contributed by atoms with Crippen LogP contribution in [-0.4, -0.2) is 12.6 Å². The number of hydrogen-bond donors (Lipinski definition) is 1. The Hall–Kier alpha value is -0.730.